The minimum atomic E-state index is -3.13. The first-order valence-electron chi connectivity index (χ1n) is 7.13. The van der Waals surface area contributed by atoms with Crippen LogP contribution in [0.5, 0.6) is 0 Å². The zero-order valence-corrected chi connectivity index (χ0v) is 13.4. The molecule has 0 amide bonds. The molecule has 0 atom stereocenters. The molecule has 1 saturated heterocycles. The Balaban J connectivity index is 1.61. The Morgan fingerprint density at radius 2 is 1.78 bits per heavy atom. The van der Waals surface area contributed by atoms with E-state index in [0.29, 0.717) is 44.2 Å². The van der Waals surface area contributed by atoms with Crippen LogP contribution in [0.25, 0.3) is 11.4 Å². The molecule has 0 aliphatic carbocycles. The number of sulfonamides is 1. The predicted molar refractivity (Wildman–Crippen MR) is 81.2 cm³/mol. The molecule has 2 heterocycles. The Bertz CT molecular complexity index is 768. The number of benzene rings is 1. The van der Waals surface area contributed by atoms with E-state index in [1.807, 2.05) is 0 Å². The summed E-state index contributed by atoms with van der Waals surface area (Å²) in [5.74, 6) is 0.115. The Morgan fingerprint density at radius 1 is 1.13 bits per heavy atom. The fourth-order valence-electron chi connectivity index (χ4n) is 2.40. The maximum Gasteiger partial charge on any atom is 0.211 e. The Morgan fingerprint density at radius 3 is 2.39 bits per heavy atom. The third-order valence-corrected chi connectivity index (χ3v) is 4.99. The second-order valence-electron chi connectivity index (χ2n) is 5.41. The van der Waals surface area contributed by atoms with Crippen LogP contribution in [0.15, 0.2) is 24.3 Å². The minimum Gasteiger partial charge on any atom is -0.280 e. The van der Waals surface area contributed by atoms with Gasteiger partial charge in [-0.25, -0.2) is 12.8 Å². The molecule has 124 valence electrons. The summed E-state index contributed by atoms with van der Waals surface area (Å²) in [5.41, 5.74) is 0.694. The van der Waals surface area contributed by atoms with Gasteiger partial charge in [0.1, 0.15) is 12.5 Å². The van der Waals surface area contributed by atoms with Gasteiger partial charge < -0.3 is 0 Å². The second-order valence-corrected chi connectivity index (χ2v) is 7.40. The molecule has 1 aliphatic heterocycles. The van der Waals surface area contributed by atoms with Crippen LogP contribution >= 0.6 is 0 Å². The van der Waals surface area contributed by atoms with E-state index >= 15 is 0 Å². The molecule has 1 aromatic carbocycles. The summed E-state index contributed by atoms with van der Waals surface area (Å²) in [4.78, 5) is 3.51. The summed E-state index contributed by atoms with van der Waals surface area (Å²) in [6, 6.07) is 5.89. The third-order valence-electron chi connectivity index (χ3n) is 3.68. The summed E-state index contributed by atoms with van der Waals surface area (Å²) >= 11 is 0. The molecule has 0 radical (unpaired) electrons. The van der Waals surface area contributed by atoms with Gasteiger partial charge in [0.25, 0.3) is 0 Å². The molecular formula is C13H17FN6O2S. The molecule has 3 rings (SSSR count). The molecule has 2 aromatic rings. The van der Waals surface area contributed by atoms with Crippen molar-refractivity contribution in [3.05, 3.63) is 30.1 Å². The van der Waals surface area contributed by atoms with Gasteiger partial charge in [0, 0.05) is 31.7 Å². The number of hydrogen-bond donors (Lipinski definition) is 0. The van der Waals surface area contributed by atoms with E-state index < -0.39 is 10.0 Å². The van der Waals surface area contributed by atoms with Crippen LogP contribution in [0.1, 0.15) is 0 Å². The van der Waals surface area contributed by atoms with E-state index in [2.05, 4.69) is 20.3 Å². The lowest BCUT2D eigenvalue weighted by molar-refractivity contribution is 0.137. The van der Waals surface area contributed by atoms with Crippen molar-refractivity contribution in [3.8, 4) is 11.4 Å². The van der Waals surface area contributed by atoms with Gasteiger partial charge in [0.15, 0.2) is 0 Å². The standard InChI is InChI=1S/C13H17FN6O2S/c1-23(21,22)19-8-6-18(7-9-19)10-20-16-13(15-17-20)11-2-4-12(14)5-3-11/h2-5H,6-10H2,1H3. The Labute approximate surface area is 133 Å². The van der Waals surface area contributed by atoms with Crippen LogP contribution < -0.4 is 0 Å². The van der Waals surface area contributed by atoms with Crippen LogP contribution in [-0.4, -0.2) is 70.3 Å². The van der Waals surface area contributed by atoms with Crippen molar-refractivity contribution in [2.75, 3.05) is 32.4 Å². The molecule has 1 fully saturated rings. The van der Waals surface area contributed by atoms with Gasteiger partial charge in [-0.3, -0.25) is 4.90 Å². The fraction of sp³-hybridized carbons (Fsp3) is 0.462. The molecule has 0 N–H and O–H groups in total. The van der Waals surface area contributed by atoms with E-state index in [0.717, 1.165) is 0 Å². The molecule has 8 nitrogen and oxygen atoms in total. The number of nitrogens with zero attached hydrogens (tertiary/aromatic N) is 6. The minimum absolute atomic E-state index is 0.315. The number of rotatable bonds is 4. The molecule has 1 aliphatic rings. The van der Waals surface area contributed by atoms with Crippen LogP contribution in [0.2, 0.25) is 0 Å². The molecule has 0 unspecified atom stereocenters. The van der Waals surface area contributed by atoms with Crippen molar-refractivity contribution in [1.29, 1.82) is 0 Å². The summed E-state index contributed by atoms with van der Waals surface area (Å²) in [7, 11) is -3.13. The Hall–Kier alpha value is -1.91. The quantitative estimate of drug-likeness (QED) is 0.780. The SMILES string of the molecule is CS(=O)(=O)N1CCN(Cn2nnc(-c3ccc(F)cc3)n2)CC1. The van der Waals surface area contributed by atoms with E-state index in [1.54, 1.807) is 12.1 Å². The van der Waals surface area contributed by atoms with Crippen molar-refractivity contribution in [2.24, 2.45) is 0 Å². The number of hydrogen-bond acceptors (Lipinski definition) is 6. The highest BCUT2D eigenvalue weighted by atomic mass is 32.2. The maximum atomic E-state index is 12.9. The molecule has 1 aromatic heterocycles. The van der Waals surface area contributed by atoms with Gasteiger partial charge in [0.05, 0.1) is 6.26 Å². The van der Waals surface area contributed by atoms with Gasteiger partial charge in [-0.2, -0.15) is 4.31 Å². The van der Waals surface area contributed by atoms with Crippen molar-refractivity contribution in [3.63, 3.8) is 0 Å². The molecule has 0 bridgehead atoms. The lowest BCUT2D eigenvalue weighted by atomic mass is 10.2. The molecule has 0 spiro atoms. The monoisotopic (exact) mass is 340 g/mol. The molecular weight excluding hydrogens is 323 g/mol. The second kappa shape index (κ2) is 6.30. The smallest absolute Gasteiger partial charge is 0.211 e. The average Bonchev–Trinajstić information content (AvgIpc) is 2.96. The van der Waals surface area contributed by atoms with Gasteiger partial charge >= 0.3 is 0 Å². The summed E-state index contributed by atoms with van der Waals surface area (Å²) in [5, 5.41) is 12.2. The predicted octanol–water partition coefficient (Wildman–Crippen LogP) is 0.0139. The molecule has 23 heavy (non-hydrogen) atoms. The number of tetrazole rings is 1. The first kappa shape index (κ1) is 16.0. The topological polar surface area (TPSA) is 84.2 Å². The van der Waals surface area contributed by atoms with E-state index in [1.165, 1.54) is 27.5 Å². The zero-order valence-electron chi connectivity index (χ0n) is 12.6. The average molecular weight is 340 g/mol. The zero-order chi connectivity index (χ0) is 16.4. The van der Waals surface area contributed by atoms with E-state index in [9.17, 15) is 12.8 Å². The van der Waals surface area contributed by atoms with Crippen LogP contribution in [0, 0.1) is 5.82 Å². The van der Waals surface area contributed by atoms with Crippen molar-refractivity contribution in [1.82, 2.24) is 29.4 Å². The van der Waals surface area contributed by atoms with E-state index in [4.69, 9.17) is 0 Å². The largest absolute Gasteiger partial charge is 0.280 e. The number of halogens is 1. The van der Waals surface area contributed by atoms with Gasteiger partial charge in [0.2, 0.25) is 15.8 Å². The van der Waals surface area contributed by atoms with Gasteiger partial charge in [-0.05, 0) is 29.5 Å². The first-order chi connectivity index (χ1) is 10.9. The lowest BCUT2D eigenvalue weighted by Gasteiger charge is -2.32. The van der Waals surface area contributed by atoms with Crippen LogP contribution in [0.3, 0.4) is 0 Å². The van der Waals surface area contributed by atoms with Gasteiger partial charge in [-0.1, -0.05) is 0 Å². The first-order valence-corrected chi connectivity index (χ1v) is 8.98. The summed E-state index contributed by atoms with van der Waals surface area (Å²) in [6.07, 6.45) is 1.22. The highest BCUT2D eigenvalue weighted by Crippen LogP contribution is 2.14. The Kier molecular flexibility index (Phi) is 4.37. The fourth-order valence-corrected chi connectivity index (χ4v) is 3.23. The number of piperazine rings is 1. The summed E-state index contributed by atoms with van der Waals surface area (Å²) in [6.45, 7) is 2.57. The third kappa shape index (κ3) is 3.89. The molecule has 10 heteroatoms. The maximum absolute atomic E-state index is 12.9. The number of aromatic nitrogens is 4. The van der Waals surface area contributed by atoms with Crippen molar-refractivity contribution in [2.45, 2.75) is 6.67 Å². The highest BCUT2D eigenvalue weighted by Gasteiger charge is 2.23. The lowest BCUT2D eigenvalue weighted by Crippen LogP contribution is -2.48. The van der Waals surface area contributed by atoms with Crippen LogP contribution in [0.4, 0.5) is 4.39 Å². The van der Waals surface area contributed by atoms with Crippen molar-refractivity contribution >= 4 is 10.0 Å². The highest BCUT2D eigenvalue weighted by molar-refractivity contribution is 7.88. The van der Waals surface area contributed by atoms with E-state index in [-0.39, 0.29) is 5.82 Å². The van der Waals surface area contributed by atoms with Gasteiger partial charge in [-0.15, -0.1) is 15.0 Å². The summed E-state index contributed by atoms with van der Waals surface area (Å²) < 4.78 is 37.3. The molecule has 0 saturated carbocycles. The van der Waals surface area contributed by atoms with Crippen molar-refractivity contribution < 1.29 is 12.8 Å². The van der Waals surface area contributed by atoms with Crippen LogP contribution in [-0.2, 0) is 16.7 Å². The normalized spacial score (nSPS) is 17.5.